The molecule has 3 nitrogen and oxygen atoms in total. The minimum Gasteiger partial charge on any atom is -0.355 e. The van der Waals surface area contributed by atoms with Gasteiger partial charge < -0.3 is 10.6 Å². The van der Waals surface area contributed by atoms with Gasteiger partial charge in [-0.3, -0.25) is 4.79 Å². The van der Waals surface area contributed by atoms with Crippen molar-refractivity contribution in [2.75, 3.05) is 25.1 Å². The van der Waals surface area contributed by atoms with Crippen LogP contribution in [0.4, 0.5) is 0 Å². The summed E-state index contributed by atoms with van der Waals surface area (Å²) in [6, 6.07) is 0. The number of hydrogen-bond acceptors (Lipinski definition) is 3. The van der Waals surface area contributed by atoms with Gasteiger partial charge in [-0.1, -0.05) is 25.2 Å². The van der Waals surface area contributed by atoms with Gasteiger partial charge in [0.2, 0.25) is 5.91 Å². The van der Waals surface area contributed by atoms with Gasteiger partial charge >= 0.3 is 0 Å². The maximum atomic E-state index is 11.9. The number of carbonyl (C=O) groups is 1. The molecule has 0 aromatic heterocycles. The second-order valence-corrected chi connectivity index (χ2v) is 5.98. The zero-order valence-corrected chi connectivity index (χ0v) is 12.1. The highest BCUT2D eigenvalue weighted by Gasteiger charge is 2.32. The zero-order chi connectivity index (χ0) is 13.3. The van der Waals surface area contributed by atoms with E-state index in [0.29, 0.717) is 13.0 Å². The molecule has 0 bridgehead atoms. The Labute approximate surface area is 115 Å². The molecule has 0 saturated heterocycles. The van der Waals surface area contributed by atoms with Gasteiger partial charge in [-0.25, -0.2) is 0 Å². The third-order valence-corrected chi connectivity index (χ3v) is 4.46. The van der Waals surface area contributed by atoms with Crippen LogP contribution >= 0.6 is 11.8 Å². The zero-order valence-electron chi connectivity index (χ0n) is 11.3. The van der Waals surface area contributed by atoms with Crippen LogP contribution in [0.5, 0.6) is 0 Å². The third-order valence-electron chi connectivity index (χ3n) is 3.59. The molecule has 18 heavy (non-hydrogen) atoms. The molecule has 0 aliphatic heterocycles. The minimum atomic E-state index is 0.0360. The monoisotopic (exact) mass is 268 g/mol. The fourth-order valence-electron chi connectivity index (χ4n) is 2.51. The van der Waals surface area contributed by atoms with Crippen LogP contribution in [0.15, 0.2) is 0 Å². The summed E-state index contributed by atoms with van der Waals surface area (Å²) in [5.74, 6) is 4.35. The lowest BCUT2D eigenvalue weighted by atomic mass is 9.79. The van der Waals surface area contributed by atoms with E-state index in [-0.39, 0.29) is 11.4 Å². The lowest BCUT2D eigenvalue weighted by Gasteiger charge is -2.36. The summed E-state index contributed by atoms with van der Waals surface area (Å²) < 4.78 is 0. The van der Waals surface area contributed by atoms with Crippen LogP contribution in [-0.2, 0) is 4.79 Å². The molecule has 102 valence electrons. The Bertz CT molecular complexity index is 293. The summed E-state index contributed by atoms with van der Waals surface area (Å²) in [6.07, 6.45) is 11.7. The summed E-state index contributed by atoms with van der Waals surface area (Å²) in [7, 11) is 1.97. The first-order chi connectivity index (χ1) is 8.72. The fraction of sp³-hybridized carbons (Fsp3) is 0.786. The molecule has 0 heterocycles. The maximum Gasteiger partial charge on any atom is 0.221 e. The number of carbonyl (C=O) groups excluding carboxylic acids is 1. The van der Waals surface area contributed by atoms with Gasteiger partial charge in [-0.05, 0) is 19.9 Å². The molecule has 0 radical (unpaired) electrons. The fourth-order valence-corrected chi connectivity index (χ4v) is 3.02. The van der Waals surface area contributed by atoms with Crippen LogP contribution in [0.25, 0.3) is 0 Å². The molecule has 0 spiro atoms. The second-order valence-electron chi connectivity index (χ2n) is 4.87. The van der Waals surface area contributed by atoms with Gasteiger partial charge in [0.05, 0.1) is 5.75 Å². The number of amides is 1. The summed E-state index contributed by atoms with van der Waals surface area (Å²) in [4.78, 5) is 11.9. The first-order valence-electron chi connectivity index (χ1n) is 6.69. The van der Waals surface area contributed by atoms with E-state index in [4.69, 9.17) is 6.42 Å². The van der Waals surface area contributed by atoms with Crippen molar-refractivity contribution in [2.24, 2.45) is 0 Å². The van der Waals surface area contributed by atoms with E-state index in [0.717, 1.165) is 24.3 Å². The predicted molar refractivity (Wildman–Crippen MR) is 78.7 cm³/mol. The van der Waals surface area contributed by atoms with Crippen molar-refractivity contribution >= 4 is 17.7 Å². The quantitative estimate of drug-likeness (QED) is 0.546. The maximum absolute atomic E-state index is 11.9. The van der Waals surface area contributed by atoms with Gasteiger partial charge in [0.25, 0.3) is 0 Å². The third kappa shape index (κ3) is 5.32. The summed E-state index contributed by atoms with van der Waals surface area (Å²) in [5.41, 5.74) is 0.0360. The number of nitrogens with one attached hydrogen (secondary N) is 2. The van der Waals surface area contributed by atoms with E-state index in [1.54, 1.807) is 11.8 Å². The predicted octanol–water partition coefficient (Wildman–Crippen LogP) is 1.78. The van der Waals surface area contributed by atoms with Gasteiger partial charge in [-0.15, -0.1) is 18.2 Å². The van der Waals surface area contributed by atoms with E-state index in [1.807, 2.05) is 7.05 Å². The van der Waals surface area contributed by atoms with Gasteiger partial charge in [0, 0.05) is 24.3 Å². The molecule has 1 saturated carbocycles. The summed E-state index contributed by atoms with van der Waals surface area (Å²) in [6.45, 7) is 0.713. The number of rotatable bonds is 7. The standard InChI is InChI=1S/C14H24N2OS/c1-3-10-18-11-9-16-13(17)12-14(15-2)7-5-4-6-8-14/h1,15H,4-12H2,2H3,(H,16,17). The molecule has 1 aliphatic rings. The van der Waals surface area contributed by atoms with Crippen molar-refractivity contribution in [3.05, 3.63) is 0 Å². The van der Waals surface area contributed by atoms with E-state index >= 15 is 0 Å². The Hall–Kier alpha value is -0.660. The molecule has 0 unspecified atom stereocenters. The van der Waals surface area contributed by atoms with Crippen LogP contribution in [0.3, 0.4) is 0 Å². The molecule has 1 amide bonds. The topological polar surface area (TPSA) is 41.1 Å². The van der Waals surface area contributed by atoms with Crippen molar-refractivity contribution in [2.45, 2.75) is 44.1 Å². The lowest BCUT2D eigenvalue weighted by molar-refractivity contribution is -0.122. The van der Waals surface area contributed by atoms with Crippen molar-refractivity contribution in [3.8, 4) is 12.3 Å². The molecule has 1 fully saturated rings. The van der Waals surface area contributed by atoms with Crippen LogP contribution in [0, 0.1) is 12.3 Å². The van der Waals surface area contributed by atoms with Crippen LogP contribution in [0.1, 0.15) is 38.5 Å². The smallest absolute Gasteiger partial charge is 0.221 e. The van der Waals surface area contributed by atoms with Gasteiger partial charge in [0.1, 0.15) is 0 Å². The summed E-state index contributed by atoms with van der Waals surface area (Å²) in [5, 5.41) is 6.35. The number of terminal acetylenes is 1. The average Bonchev–Trinajstić information content (AvgIpc) is 2.39. The highest BCUT2D eigenvalue weighted by molar-refractivity contribution is 7.99. The lowest BCUT2D eigenvalue weighted by Crippen LogP contribution is -2.48. The van der Waals surface area contributed by atoms with E-state index in [9.17, 15) is 4.79 Å². The van der Waals surface area contributed by atoms with E-state index in [2.05, 4.69) is 16.6 Å². The SMILES string of the molecule is C#CCSCCNC(=O)CC1(NC)CCCCC1. The van der Waals surface area contributed by atoms with Crippen LogP contribution in [-0.4, -0.2) is 36.5 Å². The number of thioether (sulfide) groups is 1. The van der Waals surface area contributed by atoms with Crippen molar-refractivity contribution in [1.82, 2.24) is 10.6 Å². The van der Waals surface area contributed by atoms with Crippen LogP contribution in [0.2, 0.25) is 0 Å². The van der Waals surface area contributed by atoms with Gasteiger partial charge in [0.15, 0.2) is 0 Å². The Morgan fingerprint density at radius 3 is 2.72 bits per heavy atom. The molecule has 0 aromatic rings. The largest absolute Gasteiger partial charge is 0.355 e. The van der Waals surface area contributed by atoms with E-state index in [1.165, 1.54) is 19.3 Å². The molecule has 1 rings (SSSR count). The van der Waals surface area contributed by atoms with Crippen LogP contribution < -0.4 is 10.6 Å². The molecule has 0 atom stereocenters. The Kier molecular flexibility index (Phi) is 7.22. The summed E-state index contributed by atoms with van der Waals surface area (Å²) >= 11 is 1.68. The highest BCUT2D eigenvalue weighted by atomic mass is 32.2. The second kappa shape index (κ2) is 8.44. The van der Waals surface area contributed by atoms with Crippen molar-refractivity contribution < 1.29 is 4.79 Å². The van der Waals surface area contributed by atoms with Crippen molar-refractivity contribution in [3.63, 3.8) is 0 Å². The van der Waals surface area contributed by atoms with Gasteiger partial charge in [-0.2, -0.15) is 0 Å². The first-order valence-corrected chi connectivity index (χ1v) is 7.85. The molecule has 4 heteroatoms. The van der Waals surface area contributed by atoms with E-state index < -0.39 is 0 Å². The Morgan fingerprint density at radius 2 is 2.11 bits per heavy atom. The normalized spacial score (nSPS) is 18.0. The van der Waals surface area contributed by atoms with Crippen molar-refractivity contribution in [1.29, 1.82) is 0 Å². The Morgan fingerprint density at radius 1 is 1.39 bits per heavy atom. The highest BCUT2D eigenvalue weighted by Crippen LogP contribution is 2.30. The number of hydrogen-bond donors (Lipinski definition) is 2. The molecule has 1 aliphatic carbocycles. The average molecular weight is 268 g/mol. The molecule has 2 N–H and O–H groups in total. The molecular weight excluding hydrogens is 244 g/mol. The minimum absolute atomic E-state index is 0.0360. The molecule has 0 aromatic carbocycles. The first kappa shape index (κ1) is 15.4. The Balaban J connectivity index is 2.23. The molecular formula is C14H24N2OS.